The number of aromatic amines is 1. The first-order valence-electron chi connectivity index (χ1n) is 7.29. The second-order valence-corrected chi connectivity index (χ2v) is 5.29. The van der Waals surface area contributed by atoms with Gasteiger partial charge in [-0.1, -0.05) is 36.4 Å². The molecule has 0 fully saturated rings. The molecule has 0 bridgehead atoms. The fraction of sp³-hybridized carbons (Fsp3) is 0.111. The smallest absolute Gasteiger partial charge is 1.00 e. The number of aliphatic carboxylic acids is 1. The van der Waals surface area contributed by atoms with Gasteiger partial charge in [-0.3, -0.25) is 4.79 Å². The van der Waals surface area contributed by atoms with E-state index in [9.17, 15) is 14.7 Å². The zero-order valence-corrected chi connectivity index (χ0v) is 15.2. The maximum Gasteiger partial charge on any atom is 2.00 e. The van der Waals surface area contributed by atoms with E-state index >= 15 is 0 Å². The summed E-state index contributed by atoms with van der Waals surface area (Å²) in [6.45, 7) is 0. The van der Waals surface area contributed by atoms with Gasteiger partial charge in [-0.05, 0) is 23.8 Å². The number of hydrogen-bond acceptors (Lipinski definition) is 2. The van der Waals surface area contributed by atoms with Crippen molar-refractivity contribution in [1.82, 2.24) is 10.3 Å². The average Bonchev–Trinajstić information content (AvgIpc) is 2.98. The van der Waals surface area contributed by atoms with Crippen molar-refractivity contribution in [2.75, 3.05) is 0 Å². The monoisotopic (exact) mass is 350 g/mol. The molecule has 0 saturated heterocycles. The summed E-state index contributed by atoms with van der Waals surface area (Å²) in [6, 6.07) is 15.3. The molecule has 0 spiro atoms. The molecule has 3 rings (SSSR count). The first-order chi connectivity index (χ1) is 11.1. The van der Waals surface area contributed by atoms with Crippen LogP contribution in [-0.4, -0.2) is 65.7 Å². The molecule has 0 aliphatic rings. The Labute approximate surface area is 172 Å². The van der Waals surface area contributed by atoms with Gasteiger partial charge in [0, 0.05) is 29.1 Å². The predicted molar refractivity (Wildman–Crippen MR) is 95.3 cm³/mol. The van der Waals surface area contributed by atoms with Crippen LogP contribution in [0.15, 0.2) is 60.8 Å². The number of carboxylic acids is 1. The van der Waals surface area contributed by atoms with E-state index in [-0.39, 0.29) is 47.0 Å². The predicted octanol–water partition coefficient (Wildman–Crippen LogP) is 2.44. The van der Waals surface area contributed by atoms with Gasteiger partial charge in [-0.15, -0.1) is 0 Å². The van der Waals surface area contributed by atoms with Crippen LogP contribution in [0.1, 0.15) is 18.8 Å². The standard InChI is InChI=1S/C18H16N2O3.Ca.2H/c21-17(12-6-2-1-3-7-12)20-16(18(22)23)10-13-11-19-15-9-5-4-8-14(13)15;;;/h1-9,11,16,19H,10H2,(H,20,21)(H,22,23);;;/q;+2;2*-1. The number of benzene rings is 2. The van der Waals surface area contributed by atoms with E-state index in [2.05, 4.69) is 10.3 Å². The maximum absolute atomic E-state index is 12.2. The summed E-state index contributed by atoms with van der Waals surface area (Å²) in [6.07, 6.45) is 2.01. The zero-order chi connectivity index (χ0) is 16.2. The summed E-state index contributed by atoms with van der Waals surface area (Å²) in [7, 11) is 0. The number of nitrogens with one attached hydrogen (secondary N) is 2. The largest absolute Gasteiger partial charge is 2.00 e. The third-order valence-corrected chi connectivity index (χ3v) is 3.74. The van der Waals surface area contributed by atoms with Gasteiger partial charge in [0.15, 0.2) is 0 Å². The number of carbonyl (C=O) groups is 2. The number of para-hydroxylation sites is 1. The number of hydrogen-bond donors (Lipinski definition) is 3. The first-order valence-corrected chi connectivity index (χ1v) is 7.29. The summed E-state index contributed by atoms with van der Waals surface area (Å²) < 4.78 is 0. The van der Waals surface area contributed by atoms with Crippen molar-refractivity contribution >= 4 is 60.5 Å². The van der Waals surface area contributed by atoms with Crippen LogP contribution in [0.25, 0.3) is 10.9 Å². The molecule has 120 valence electrons. The van der Waals surface area contributed by atoms with Gasteiger partial charge in [-0.2, -0.15) is 0 Å². The molecular formula is C18H18CaN2O3. The van der Waals surface area contributed by atoms with E-state index in [1.54, 1.807) is 36.5 Å². The molecule has 1 heterocycles. The Balaban J connectivity index is 0.00000208. The van der Waals surface area contributed by atoms with Crippen LogP contribution in [-0.2, 0) is 11.2 Å². The van der Waals surface area contributed by atoms with Gasteiger partial charge in [-0.25, -0.2) is 4.79 Å². The van der Waals surface area contributed by atoms with Crippen molar-refractivity contribution in [2.24, 2.45) is 0 Å². The van der Waals surface area contributed by atoms with Crippen molar-refractivity contribution < 1.29 is 17.5 Å². The van der Waals surface area contributed by atoms with Crippen LogP contribution in [0.3, 0.4) is 0 Å². The van der Waals surface area contributed by atoms with Gasteiger partial charge in [0.25, 0.3) is 5.91 Å². The Morgan fingerprint density at radius 3 is 2.46 bits per heavy atom. The topological polar surface area (TPSA) is 82.2 Å². The number of carboxylic acid groups (broad SMARTS) is 1. The number of carbonyl (C=O) groups excluding carboxylic acids is 1. The van der Waals surface area contributed by atoms with Gasteiger partial charge in [0.1, 0.15) is 6.04 Å². The van der Waals surface area contributed by atoms with E-state index in [1.807, 2.05) is 24.3 Å². The second-order valence-electron chi connectivity index (χ2n) is 5.29. The summed E-state index contributed by atoms with van der Waals surface area (Å²) >= 11 is 0. The number of aromatic nitrogens is 1. The fourth-order valence-corrected chi connectivity index (χ4v) is 2.55. The minimum absolute atomic E-state index is 0. The van der Waals surface area contributed by atoms with E-state index in [4.69, 9.17) is 0 Å². The number of fused-ring (bicyclic) bond motifs is 1. The average molecular weight is 350 g/mol. The molecule has 0 saturated carbocycles. The number of H-pyrrole nitrogens is 1. The van der Waals surface area contributed by atoms with E-state index < -0.39 is 17.9 Å². The molecule has 24 heavy (non-hydrogen) atoms. The summed E-state index contributed by atoms with van der Waals surface area (Å²) in [4.78, 5) is 26.8. The van der Waals surface area contributed by atoms with Gasteiger partial charge in [0.05, 0.1) is 0 Å². The minimum atomic E-state index is -1.06. The zero-order valence-electron chi connectivity index (χ0n) is 15.0. The molecule has 0 aliphatic heterocycles. The Hall–Kier alpha value is -1.82. The Morgan fingerprint density at radius 1 is 1.08 bits per heavy atom. The van der Waals surface area contributed by atoms with E-state index in [0.717, 1.165) is 16.5 Å². The third-order valence-electron chi connectivity index (χ3n) is 3.74. The molecule has 3 N–H and O–H groups in total. The molecule has 2 aromatic carbocycles. The van der Waals surface area contributed by atoms with Crippen LogP contribution in [0, 0.1) is 0 Å². The van der Waals surface area contributed by atoms with Gasteiger partial charge in [0.2, 0.25) is 0 Å². The Morgan fingerprint density at radius 2 is 1.75 bits per heavy atom. The normalized spacial score (nSPS) is 11.5. The van der Waals surface area contributed by atoms with Crippen molar-refractivity contribution in [1.29, 1.82) is 0 Å². The van der Waals surface area contributed by atoms with Crippen LogP contribution in [0.2, 0.25) is 0 Å². The van der Waals surface area contributed by atoms with Crippen molar-refractivity contribution in [3.05, 3.63) is 71.9 Å². The van der Waals surface area contributed by atoms with Crippen LogP contribution >= 0.6 is 0 Å². The van der Waals surface area contributed by atoms with Crippen LogP contribution in [0.5, 0.6) is 0 Å². The molecule has 1 aromatic heterocycles. The molecule has 1 atom stereocenters. The third kappa shape index (κ3) is 4.17. The van der Waals surface area contributed by atoms with E-state index in [0.29, 0.717) is 5.56 Å². The Kier molecular flexibility index (Phi) is 6.43. The number of amides is 1. The second kappa shape index (κ2) is 8.33. The van der Waals surface area contributed by atoms with Crippen molar-refractivity contribution in [3.63, 3.8) is 0 Å². The van der Waals surface area contributed by atoms with Crippen molar-refractivity contribution in [3.8, 4) is 0 Å². The quantitative estimate of drug-likeness (QED) is 0.618. The van der Waals surface area contributed by atoms with E-state index in [1.165, 1.54) is 0 Å². The van der Waals surface area contributed by atoms with Gasteiger partial charge < -0.3 is 18.3 Å². The molecule has 0 radical (unpaired) electrons. The summed E-state index contributed by atoms with van der Waals surface area (Å²) in [5, 5.41) is 13.0. The maximum atomic E-state index is 12.2. The summed E-state index contributed by atoms with van der Waals surface area (Å²) in [5.41, 5.74) is 2.25. The molecule has 3 aromatic rings. The first kappa shape index (κ1) is 18.5. The molecule has 0 aliphatic carbocycles. The van der Waals surface area contributed by atoms with Crippen LogP contribution in [0.4, 0.5) is 0 Å². The minimum Gasteiger partial charge on any atom is -1.00 e. The van der Waals surface area contributed by atoms with Crippen molar-refractivity contribution in [2.45, 2.75) is 12.5 Å². The fourth-order valence-electron chi connectivity index (χ4n) is 2.55. The van der Waals surface area contributed by atoms with Crippen LogP contribution < -0.4 is 5.32 Å². The Bertz CT molecular complexity index is 856. The summed E-state index contributed by atoms with van der Waals surface area (Å²) in [5.74, 6) is -1.45. The molecular weight excluding hydrogens is 332 g/mol. The molecule has 1 unspecified atom stereocenters. The molecule has 5 nitrogen and oxygen atoms in total. The SMILES string of the molecule is O=C(NC(Cc1c[nH]c2ccccc12)C(=O)O)c1ccccc1.[Ca+2].[H-].[H-]. The van der Waals surface area contributed by atoms with Gasteiger partial charge >= 0.3 is 43.7 Å². The molecule has 1 amide bonds. The number of rotatable bonds is 5. The molecule has 6 heteroatoms.